The Morgan fingerprint density at radius 2 is 1.34 bits per heavy atom. The third kappa shape index (κ3) is 8.30. The Bertz CT molecular complexity index is 730. The van der Waals surface area contributed by atoms with Gasteiger partial charge in [-0.2, -0.15) is 0 Å². The normalized spacial score (nSPS) is 18.7. The fourth-order valence-electron chi connectivity index (χ4n) is 5.13. The van der Waals surface area contributed by atoms with Crippen LogP contribution in [0.4, 0.5) is 0 Å². The van der Waals surface area contributed by atoms with Crippen LogP contribution in [-0.2, 0) is 6.42 Å². The van der Waals surface area contributed by atoms with Crippen molar-refractivity contribution in [3.05, 3.63) is 42.0 Å². The highest BCUT2D eigenvalue weighted by Crippen LogP contribution is 2.37. The third-order valence-corrected chi connectivity index (χ3v) is 7.30. The van der Waals surface area contributed by atoms with Gasteiger partial charge < -0.3 is 0 Å². The van der Waals surface area contributed by atoms with E-state index in [9.17, 15) is 0 Å². The monoisotopic (exact) mass is 435 g/mol. The molecule has 2 aromatic rings. The topological polar surface area (TPSA) is 38.7 Å². The molecule has 1 fully saturated rings. The predicted molar refractivity (Wildman–Crippen MR) is 136 cm³/mol. The summed E-state index contributed by atoms with van der Waals surface area (Å²) in [5.41, 5.74) is 3.54. The van der Waals surface area contributed by atoms with E-state index in [0.29, 0.717) is 5.92 Å². The minimum atomic E-state index is 0.636. The summed E-state index contributed by atoms with van der Waals surface area (Å²) < 4.78 is 0. The maximum absolute atomic E-state index is 4.81. The molecular formula is C29H45N3. The van der Waals surface area contributed by atoms with Gasteiger partial charge in [-0.05, 0) is 62.1 Å². The van der Waals surface area contributed by atoms with Gasteiger partial charge in [0.05, 0.1) is 0 Å². The molecule has 0 unspecified atom stereocenters. The van der Waals surface area contributed by atoms with Crippen LogP contribution in [0.3, 0.4) is 0 Å². The highest BCUT2D eigenvalue weighted by atomic mass is 14.9. The maximum atomic E-state index is 4.81. The maximum Gasteiger partial charge on any atom is 0.160 e. The van der Waals surface area contributed by atoms with Crippen LogP contribution in [0.15, 0.2) is 30.7 Å². The largest absolute Gasteiger partial charge is 0.260 e. The molecule has 0 N–H and O–H groups in total. The number of aromatic nitrogens is 3. The van der Waals surface area contributed by atoms with E-state index in [-0.39, 0.29) is 0 Å². The van der Waals surface area contributed by atoms with Gasteiger partial charge in [-0.1, -0.05) is 78.1 Å². The predicted octanol–water partition coefficient (Wildman–Crippen LogP) is 8.69. The van der Waals surface area contributed by atoms with E-state index >= 15 is 0 Å². The SMILES string of the molecule is CCCCCCCCCc1cnc(-c2ccc(C3CCC(CCCCC)CC3)nc2)nc1. The number of aryl methyl sites for hydroxylation is 1. The Morgan fingerprint density at radius 1 is 0.688 bits per heavy atom. The Hall–Kier alpha value is -1.77. The van der Waals surface area contributed by atoms with Gasteiger partial charge in [0.1, 0.15) is 0 Å². The minimum Gasteiger partial charge on any atom is -0.260 e. The summed E-state index contributed by atoms with van der Waals surface area (Å²) in [5.74, 6) is 2.38. The van der Waals surface area contributed by atoms with Gasteiger partial charge in [-0.3, -0.25) is 4.98 Å². The van der Waals surface area contributed by atoms with Gasteiger partial charge in [0, 0.05) is 35.8 Å². The Balaban J connectivity index is 1.41. The van der Waals surface area contributed by atoms with Crippen molar-refractivity contribution in [3.63, 3.8) is 0 Å². The van der Waals surface area contributed by atoms with Crippen LogP contribution in [-0.4, -0.2) is 15.0 Å². The summed E-state index contributed by atoms with van der Waals surface area (Å²) >= 11 is 0. The van der Waals surface area contributed by atoms with Crippen LogP contribution in [0.2, 0.25) is 0 Å². The van der Waals surface area contributed by atoms with E-state index in [4.69, 9.17) is 4.98 Å². The lowest BCUT2D eigenvalue weighted by molar-refractivity contribution is 0.300. The van der Waals surface area contributed by atoms with Crippen LogP contribution in [0.5, 0.6) is 0 Å². The molecule has 0 aromatic carbocycles. The lowest BCUT2D eigenvalue weighted by Gasteiger charge is -2.28. The molecule has 3 heteroatoms. The molecule has 3 nitrogen and oxygen atoms in total. The van der Waals surface area contributed by atoms with Crippen molar-refractivity contribution in [2.24, 2.45) is 5.92 Å². The first kappa shape index (κ1) is 24.9. The van der Waals surface area contributed by atoms with Crippen molar-refractivity contribution in [3.8, 4) is 11.4 Å². The molecule has 176 valence electrons. The second-order valence-corrected chi connectivity index (χ2v) is 9.97. The van der Waals surface area contributed by atoms with Crippen LogP contribution in [0, 0.1) is 5.92 Å². The van der Waals surface area contributed by atoms with Crippen molar-refractivity contribution in [1.29, 1.82) is 0 Å². The Kier molecular flexibility index (Phi) is 11.2. The number of rotatable bonds is 14. The summed E-state index contributed by atoms with van der Waals surface area (Å²) in [6.45, 7) is 4.57. The number of hydrogen-bond acceptors (Lipinski definition) is 3. The van der Waals surface area contributed by atoms with Gasteiger partial charge in [-0.25, -0.2) is 9.97 Å². The first-order valence-electron chi connectivity index (χ1n) is 13.6. The molecule has 1 saturated carbocycles. The average molecular weight is 436 g/mol. The fraction of sp³-hybridized carbons (Fsp3) is 0.690. The van der Waals surface area contributed by atoms with Gasteiger partial charge in [0.15, 0.2) is 5.82 Å². The van der Waals surface area contributed by atoms with E-state index in [1.807, 2.05) is 18.6 Å². The van der Waals surface area contributed by atoms with E-state index in [0.717, 1.165) is 23.7 Å². The van der Waals surface area contributed by atoms with E-state index in [1.54, 1.807) is 0 Å². The smallest absolute Gasteiger partial charge is 0.160 e. The molecule has 0 aliphatic heterocycles. The van der Waals surface area contributed by atoms with Crippen LogP contribution >= 0.6 is 0 Å². The summed E-state index contributed by atoms with van der Waals surface area (Å²) in [5, 5.41) is 0. The highest BCUT2D eigenvalue weighted by molar-refractivity contribution is 5.53. The first-order valence-corrected chi connectivity index (χ1v) is 13.6. The van der Waals surface area contributed by atoms with Crippen LogP contribution in [0.25, 0.3) is 11.4 Å². The van der Waals surface area contributed by atoms with E-state index < -0.39 is 0 Å². The number of pyridine rings is 1. The summed E-state index contributed by atoms with van der Waals surface area (Å²) in [6, 6.07) is 4.38. The van der Waals surface area contributed by atoms with Gasteiger partial charge in [0.2, 0.25) is 0 Å². The molecule has 2 aromatic heterocycles. The molecule has 0 atom stereocenters. The third-order valence-electron chi connectivity index (χ3n) is 7.30. The quantitative estimate of drug-likeness (QED) is 0.278. The van der Waals surface area contributed by atoms with Crippen LogP contribution in [0.1, 0.15) is 127 Å². The first-order chi connectivity index (χ1) is 15.8. The molecule has 3 rings (SSSR count). The second-order valence-electron chi connectivity index (χ2n) is 9.97. The Morgan fingerprint density at radius 3 is 2.00 bits per heavy atom. The molecule has 0 saturated heterocycles. The molecule has 32 heavy (non-hydrogen) atoms. The zero-order valence-corrected chi connectivity index (χ0v) is 20.7. The molecule has 1 aliphatic rings. The second kappa shape index (κ2) is 14.4. The lowest BCUT2D eigenvalue weighted by atomic mass is 9.78. The van der Waals surface area contributed by atoms with E-state index in [2.05, 4.69) is 35.9 Å². The van der Waals surface area contributed by atoms with Crippen molar-refractivity contribution < 1.29 is 0 Å². The molecule has 1 aliphatic carbocycles. The molecule has 0 amide bonds. The van der Waals surface area contributed by atoms with E-state index in [1.165, 1.54) is 108 Å². The van der Waals surface area contributed by atoms with Gasteiger partial charge in [0.25, 0.3) is 0 Å². The van der Waals surface area contributed by atoms with Gasteiger partial charge >= 0.3 is 0 Å². The summed E-state index contributed by atoms with van der Waals surface area (Å²) in [4.78, 5) is 14.1. The highest BCUT2D eigenvalue weighted by Gasteiger charge is 2.23. The number of nitrogens with zero attached hydrogens (tertiary/aromatic N) is 3. The molecular weight excluding hydrogens is 390 g/mol. The molecule has 2 heterocycles. The summed E-state index contributed by atoms with van der Waals surface area (Å²) in [7, 11) is 0. The average Bonchev–Trinajstić information content (AvgIpc) is 2.85. The molecule has 0 spiro atoms. The number of hydrogen-bond donors (Lipinski definition) is 0. The van der Waals surface area contributed by atoms with Crippen molar-refractivity contribution in [2.75, 3.05) is 0 Å². The Labute approximate surface area is 196 Å². The fourth-order valence-corrected chi connectivity index (χ4v) is 5.13. The van der Waals surface area contributed by atoms with Crippen molar-refractivity contribution in [1.82, 2.24) is 15.0 Å². The number of unbranched alkanes of at least 4 members (excludes halogenated alkanes) is 8. The zero-order valence-electron chi connectivity index (χ0n) is 20.7. The zero-order chi connectivity index (χ0) is 22.4. The summed E-state index contributed by atoms with van der Waals surface area (Å²) in [6.07, 6.45) is 27.4. The standard InChI is InChI=1S/C29H45N3/c1-3-5-7-8-9-10-12-14-25-21-31-29(32-22-25)27-19-20-28(30-23-27)26-17-15-24(16-18-26)13-11-6-4-2/h19-24,26H,3-18H2,1-2H3. The minimum absolute atomic E-state index is 0.636. The molecule has 0 bridgehead atoms. The van der Waals surface area contributed by atoms with Gasteiger partial charge in [-0.15, -0.1) is 0 Å². The van der Waals surface area contributed by atoms with Crippen molar-refractivity contribution in [2.45, 2.75) is 122 Å². The van der Waals surface area contributed by atoms with Crippen molar-refractivity contribution >= 4 is 0 Å². The lowest BCUT2D eigenvalue weighted by Crippen LogP contribution is -2.14. The van der Waals surface area contributed by atoms with Crippen LogP contribution < -0.4 is 0 Å². The molecule has 0 radical (unpaired) electrons.